The van der Waals surface area contributed by atoms with Gasteiger partial charge in [0.2, 0.25) is 0 Å². The highest BCUT2D eigenvalue weighted by atomic mass is 19.4. The van der Waals surface area contributed by atoms with Gasteiger partial charge in [-0.1, -0.05) is 54.0 Å². The fourth-order valence-corrected chi connectivity index (χ4v) is 6.52. The van der Waals surface area contributed by atoms with Crippen molar-refractivity contribution in [2.24, 2.45) is 23.2 Å². The Morgan fingerprint density at radius 1 is 0.878 bits per heavy atom. The molecule has 7 atom stereocenters. The van der Waals surface area contributed by atoms with E-state index in [1.165, 1.54) is 13.8 Å². The molecule has 11 heteroatoms. The lowest BCUT2D eigenvalue weighted by Crippen LogP contribution is -2.56. The fourth-order valence-electron chi connectivity index (χ4n) is 6.52. The average molecular weight is 605 g/mol. The Balaban J connectivity index is 3.62. The maximum Gasteiger partial charge on any atom is 0.419 e. The van der Waals surface area contributed by atoms with Crippen LogP contribution in [0.4, 0.5) is 26.3 Å². The molecule has 0 bridgehead atoms. The highest BCUT2D eigenvalue weighted by molar-refractivity contribution is 5.87. The summed E-state index contributed by atoms with van der Waals surface area (Å²) >= 11 is 0. The van der Waals surface area contributed by atoms with Crippen LogP contribution in [-0.4, -0.2) is 57.5 Å². The lowest BCUT2D eigenvalue weighted by atomic mass is 9.63. The molecule has 7 unspecified atom stereocenters. The van der Waals surface area contributed by atoms with Crippen molar-refractivity contribution in [2.45, 2.75) is 149 Å². The van der Waals surface area contributed by atoms with E-state index in [0.717, 1.165) is 13.8 Å². The van der Waals surface area contributed by atoms with Crippen LogP contribution in [0.5, 0.6) is 0 Å². The van der Waals surface area contributed by atoms with Gasteiger partial charge >= 0.3 is 18.3 Å². The van der Waals surface area contributed by atoms with Gasteiger partial charge in [-0.15, -0.1) is 0 Å². The lowest BCUT2D eigenvalue weighted by Gasteiger charge is -2.46. The summed E-state index contributed by atoms with van der Waals surface area (Å²) in [5, 5.41) is 20.7. The summed E-state index contributed by atoms with van der Waals surface area (Å²) in [6, 6.07) is 0. The first kappa shape index (κ1) is 37.7. The van der Waals surface area contributed by atoms with Crippen LogP contribution in [0.1, 0.15) is 107 Å². The van der Waals surface area contributed by atoms with E-state index in [2.05, 4.69) is 6.58 Å². The van der Waals surface area contributed by atoms with Gasteiger partial charge in [-0.2, -0.15) is 26.3 Å². The summed E-state index contributed by atoms with van der Waals surface area (Å²) in [7, 11) is 0. The molecule has 0 aromatic rings. The fraction of sp³-hybridized carbons (Fsp3) is 0.900. The minimum absolute atomic E-state index is 0.0380. The van der Waals surface area contributed by atoms with Gasteiger partial charge in [0.25, 0.3) is 0 Å². The first-order chi connectivity index (χ1) is 18.4. The van der Waals surface area contributed by atoms with Crippen molar-refractivity contribution in [3.8, 4) is 0 Å². The van der Waals surface area contributed by atoms with Crippen LogP contribution in [-0.2, 0) is 14.3 Å². The summed E-state index contributed by atoms with van der Waals surface area (Å²) < 4.78 is 94.1. The van der Waals surface area contributed by atoms with Crippen molar-refractivity contribution in [3.63, 3.8) is 0 Å². The molecule has 0 aromatic carbocycles. The van der Waals surface area contributed by atoms with Crippen LogP contribution < -0.4 is 0 Å². The minimum Gasteiger partial charge on any atom is -0.459 e. The quantitative estimate of drug-likeness (QED) is 0.120. The molecule has 1 aliphatic carbocycles. The predicted molar refractivity (Wildman–Crippen MR) is 145 cm³/mol. The summed E-state index contributed by atoms with van der Waals surface area (Å²) in [6.07, 6.45) is -10.2. The highest BCUT2D eigenvalue weighted by Gasteiger charge is 2.60. The molecule has 0 aliphatic heterocycles. The number of hydrogen-bond donors (Lipinski definition) is 2. The van der Waals surface area contributed by atoms with Crippen molar-refractivity contribution in [1.82, 2.24) is 0 Å². The van der Waals surface area contributed by atoms with Gasteiger partial charge in [0, 0.05) is 11.5 Å². The predicted octanol–water partition coefficient (Wildman–Crippen LogP) is 7.92. The van der Waals surface area contributed by atoms with Gasteiger partial charge < -0.3 is 19.7 Å². The molecule has 41 heavy (non-hydrogen) atoms. The number of carbonyl (C=O) groups is 1. The molecule has 242 valence electrons. The van der Waals surface area contributed by atoms with E-state index in [-0.39, 0.29) is 37.2 Å². The molecule has 1 fully saturated rings. The van der Waals surface area contributed by atoms with Gasteiger partial charge in [0.1, 0.15) is 6.10 Å². The number of halogens is 6. The topological polar surface area (TPSA) is 76.0 Å². The van der Waals surface area contributed by atoms with Crippen LogP contribution in [0.25, 0.3) is 0 Å². The second-order valence-electron chi connectivity index (χ2n) is 12.5. The third kappa shape index (κ3) is 7.61. The van der Waals surface area contributed by atoms with Crippen LogP contribution in [0.15, 0.2) is 12.2 Å². The Bertz CT molecular complexity index is 887. The Kier molecular flexibility index (Phi) is 12.1. The van der Waals surface area contributed by atoms with Gasteiger partial charge in [-0.25, -0.2) is 4.79 Å². The molecule has 0 amide bonds. The number of esters is 1. The molecular weight excluding hydrogens is 554 g/mol. The monoisotopic (exact) mass is 604 g/mol. The SMILES string of the molecule is C=C(C)C(=O)OC1CC(C(CC)(CC)CC(C)C(C)(O)C(F)(F)F)CC1C(CC)(CC)OC(C)C(C)(O)C(F)(F)F. The number of alkyl halides is 6. The third-order valence-electron chi connectivity index (χ3n) is 10.3. The standard InChI is InChI=1S/C30H50F6O5/c1-11-27(12-2,17-19(7)25(9,38)29(31,32)33)21-15-22(23(16-21)40-24(37)18(5)6)28(13-3,14-4)41-20(8)26(10,39)30(34,35)36/h19-23,38-39H,5,11-17H2,1-4,6-10H3. The first-order valence-corrected chi connectivity index (χ1v) is 14.5. The smallest absolute Gasteiger partial charge is 0.419 e. The molecule has 0 saturated heterocycles. The average Bonchev–Trinajstić information content (AvgIpc) is 3.28. The Morgan fingerprint density at radius 3 is 1.71 bits per heavy atom. The molecular formula is C30H50F6O5. The zero-order chi connectivity index (χ0) is 32.4. The van der Waals surface area contributed by atoms with Crippen molar-refractivity contribution < 1.29 is 50.8 Å². The Labute approximate surface area is 241 Å². The van der Waals surface area contributed by atoms with Gasteiger partial charge in [0.15, 0.2) is 11.2 Å². The van der Waals surface area contributed by atoms with Crippen molar-refractivity contribution in [2.75, 3.05) is 0 Å². The Morgan fingerprint density at radius 2 is 1.34 bits per heavy atom. The molecule has 0 aromatic heterocycles. The number of ether oxygens (including phenoxy) is 2. The van der Waals surface area contributed by atoms with Gasteiger partial charge in [-0.3, -0.25) is 0 Å². The van der Waals surface area contributed by atoms with Crippen molar-refractivity contribution >= 4 is 5.97 Å². The molecule has 2 N–H and O–H groups in total. The van der Waals surface area contributed by atoms with E-state index in [0.29, 0.717) is 26.2 Å². The number of rotatable bonds is 14. The molecule has 0 radical (unpaired) electrons. The van der Waals surface area contributed by atoms with Crippen molar-refractivity contribution in [1.29, 1.82) is 0 Å². The maximum absolute atomic E-state index is 13.7. The summed E-state index contributed by atoms with van der Waals surface area (Å²) in [5.74, 6) is -2.72. The van der Waals surface area contributed by atoms with Crippen LogP contribution in [0.2, 0.25) is 0 Å². The number of carbonyl (C=O) groups excluding carboxylic acids is 1. The third-order valence-corrected chi connectivity index (χ3v) is 10.3. The zero-order valence-corrected chi connectivity index (χ0v) is 25.9. The van der Waals surface area contributed by atoms with E-state index in [1.807, 2.05) is 13.8 Å². The van der Waals surface area contributed by atoms with E-state index in [9.17, 15) is 41.4 Å². The second-order valence-corrected chi connectivity index (χ2v) is 12.5. The van der Waals surface area contributed by atoms with E-state index >= 15 is 0 Å². The molecule has 0 heterocycles. The minimum atomic E-state index is -4.96. The van der Waals surface area contributed by atoms with E-state index in [1.54, 1.807) is 13.8 Å². The molecule has 0 spiro atoms. The van der Waals surface area contributed by atoms with E-state index < -0.39 is 64.6 Å². The first-order valence-electron chi connectivity index (χ1n) is 14.5. The van der Waals surface area contributed by atoms with Crippen LogP contribution in [0.3, 0.4) is 0 Å². The van der Waals surface area contributed by atoms with E-state index in [4.69, 9.17) is 9.47 Å². The maximum atomic E-state index is 13.7. The van der Waals surface area contributed by atoms with Crippen LogP contribution in [0, 0.1) is 23.2 Å². The second kappa shape index (κ2) is 13.1. The highest BCUT2D eigenvalue weighted by Crippen LogP contribution is 2.56. The number of aliphatic hydroxyl groups is 2. The van der Waals surface area contributed by atoms with Crippen molar-refractivity contribution in [3.05, 3.63) is 12.2 Å². The summed E-state index contributed by atoms with van der Waals surface area (Å²) in [4.78, 5) is 12.7. The van der Waals surface area contributed by atoms with Crippen LogP contribution >= 0.6 is 0 Å². The van der Waals surface area contributed by atoms with Gasteiger partial charge in [0.05, 0.1) is 11.7 Å². The molecule has 1 saturated carbocycles. The summed E-state index contributed by atoms with van der Waals surface area (Å²) in [6.45, 7) is 16.3. The lowest BCUT2D eigenvalue weighted by molar-refractivity contribution is -0.305. The molecule has 5 nitrogen and oxygen atoms in total. The zero-order valence-electron chi connectivity index (χ0n) is 25.9. The normalized spacial score (nSPS) is 25.2. The molecule has 1 rings (SSSR count). The molecule has 1 aliphatic rings. The summed E-state index contributed by atoms with van der Waals surface area (Å²) in [5.41, 5.74) is -7.87. The van der Waals surface area contributed by atoms with Gasteiger partial charge in [-0.05, 0) is 77.0 Å². The Hall–Kier alpha value is -1.33. The number of hydrogen-bond acceptors (Lipinski definition) is 5. The largest absolute Gasteiger partial charge is 0.459 e.